The molecule has 1 amide bonds. The Bertz CT molecular complexity index is 753. The third kappa shape index (κ3) is 3.67. The fraction of sp³-hybridized carbons (Fsp3) is 0.474. The van der Waals surface area contributed by atoms with Gasteiger partial charge >= 0.3 is 0 Å². The summed E-state index contributed by atoms with van der Waals surface area (Å²) in [7, 11) is 0. The van der Waals surface area contributed by atoms with Gasteiger partial charge in [-0.3, -0.25) is 4.79 Å². The number of nitrogens with one attached hydrogen (secondary N) is 1. The molecular weight excluding hydrogens is 304 g/mol. The van der Waals surface area contributed by atoms with Crippen LogP contribution >= 0.6 is 0 Å². The first kappa shape index (κ1) is 16.7. The molecule has 24 heavy (non-hydrogen) atoms. The summed E-state index contributed by atoms with van der Waals surface area (Å²) in [5, 5.41) is 2.90. The Morgan fingerprint density at radius 2 is 2.29 bits per heavy atom. The molecule has 1 aliphatic heterocycles. The number of amides is 1. The molecule has 128 valence electrons. The van der Waals surface area contributed by atoms with E-state index in [1.807, 2.05) is 18.2 Å². The van der Waals surface area contributed by atoms with Crippen molar-refractivity contribution >= 4 is 22.7 Å². The van der Waals surface area contributed by atoms with Gasteiger partial charge in [0.25, 0.3) is 5.91 Å². The van der Waals surface area contributed by atoms with Gasteiger partial charge in [-0.25, -0.2) is 4.98 Å². The Morgan fingerprint density at radius 3 is 2.96 bits per heavy atom. The minimum Gasteiger partial charge on any atom is -0.440 e. The highest BCUT2D eigenvalue weighted by Gasteiger charge is 2.23. The molecule has 2 heterocycles. The van der Waals surface area contributed by atoms with Crippen molar-refractivity contribution in [2.24, 2.45) is 0 Å². The average molecular weight is 328 g/mol. The molecule has 0 saturated carbocycles. The molecule has 3 rings (SSSR count). The number of rotatable bonds is 5. The highest BCUT2D eigenvalue weighted by atomic mass is 16.5. The summed E-state index contributed by atoms with van der Waals surface area (Å²) in [6.45, 7) is 6.92. The molecule has 1 aromatic heterocycles. The molecule has 1 saturated heterocycles. The predicted molar refractivity (Wildman–Crippen MR) is 94.1 cm³/mol. The lowest BCUT2D eigenvalue weighted by Crippen LogP contribution is -2.26. The largest absolute Gasteiger partial charge is 0.440 e. The quantitative estimate of drug-likeness (QED) is 0.826. The second kappa shape index (κ2) is 7.18. The summed E-state index contributed by atoms with van der Waals surface area (Å²) in [5.41, 5.74) is 3.46. The van der Waals surface area contributed by atoms with Crippen LogP contribution in [0.25, 0.3) is 11.1 Å². The van der Waals surface area contributed by atoms with Crippen molar-refractivity contribution in [3.63, 3.8) is 0 Å². The summed E-state index contributed by atoms with van der Waals surface area (Å²) in [4.78, 5) is 16.8. The second-order valence-electron chi connectivity index (χ2n) is 6.48. The number of hydrogen-bond acceptors (Lipinski definition) is 4. The monoisotopic (exact) mass is 328 g/mol. The molecule has 5 nitrogen and oxygen atoms in total. The van der Waals surface area contributed by atoms with Gasteiger partial charge in [0.2, 0.25) is 5.89 Å². The number of allylic oxidation sites excluding steroid dienone is 2. The Hall–Kier alpha value is -2.14. The van der Waals surface area contributed by atoms with Crippen molar-refractivity contribution in [3.05, 3.63) is 35.7 Å². The first-order valence-corrected chi connectivity index (χ1v) is 8.54. The van der Waals surface area contributed by atoms with Crippen molar-refractivity contribution in [1.29, 1.82) is 0 Å². The smallest absolute Gasteiger partial charge is 0.253 e. The molecule has 0 radical (unpaired) electrons. The number of hydrogen-bond donors (Lipinski definition) is 1. The molecule has 5 heteroatoms. The maximum Gasteiger partial charge on any atom is 0.253 e. The normalized spacial score (nSPS) is 18.5. The van der Waals surface area contributed by atoms with Crippen LogP contribution in [-0.4, -0.2) is 23.6 Å². The molecule has 1 N–H and O–H groups in total. The number of anilines is 1. The highest BCUT2D eigenvalue weighted by molar-refractivity contribution is 5.95. The molecule has 0 aliphatic carbocycles. The van der Waals surface area contributed by atoms with Gasteiger partial charge in [-0.1, -0.05) is 18.6 Å². The molecule has 0 spiro atoms. The van der Waals surface area contributed by atoms with Gasteiger partial charge in [-0.2, -0.15) is 0 Å². The third-order valence-corrected chi connectivity index (χ3v) is 4.19. The number of nitrogens with zero attached hydrogens (tertiary/aromatic N) is 1. The fourth-order valence-electron chi connectivity index (χ4n) is 2.95. The molecule has 1 aliphatic rings. The lowest BCUT2D eigenvalue weighted by Gasteiger charge is -2.09. The van der Waals surface area contributed by atoms with Crippen molar-refractivity contribution < 1.29 is 13.9 Å². The number of carbonyl (C=O) groups excluding carboxylic acids is 1. The molecule has 0 bridgehead atoms. The van der Waals surface area contributed by atoms with Crippen LogP contribution < -0.4 is 5.32 Å². The van der Waals surface area contributed by atoms with Crippen LogP contribution in [0.15, 0.2) is 34.3 Å². The van der Waals surface area contributed by atoms with Crippen LogP contribution in [0.3, 0.4) is 0 Å². The molecule has 1 fully saturated rings. The predicted octanol–water partition coefficient (Wildman–Crippen LogP) is 4.41. The third-order valence-electron chi connectivity index (χ3n) is 4.19. The van der Waals surface area contributed by atoms with E-state index >= 15 is 0 Å². The first-order chi connectivity index (χ1) is 11.6. The SMILES string of the molecule is CCC(C=C(C)C)c1nc2cc(NC(=O)C3CCCO3)ccc2o1. The Kier molecular flexibility index (Phi) is 5.00. The zero-order valence-corrected chi connectivity index (χ0v) is 14.5. The van der Waals surface area contributed by atoms with Crippen LogP contribution in [0.5, 0.6) is 0 Å². The van der Waals surface area contributed by atoms with E-state index in [-0.39, 0.29) is 17.9 Å². The van der Waals surface area contributed by atoms with Crippen molar-refractivity contribution in [3.8, 4) is 0 Å². The summed E-state index contributed by atoms with van der Waals surface area (Å²) in [6.07, 6.45) is 4.48. The first-order valence-electron chi connectivity index (χ1n) is 8.54. The topological polar surface area (TPSA) is 64.4 Å². The maximum absolute atomic E-state index is 12.1. The number of oxazole rings is 1. The van der Waals surface area contributed by atoms with Gasteiger partial charge < -0.3 is 14.5 Å². The molecule has 2 atom stereocenters. The van der Waals surface area contributed by atoms with E-state index in [1.165, 1.54) is 5.57 Å². The lowest BCUT2D eigenvalue weighted by atomic mass is 10.0. The van der Waals surface area contributed by atoms with Gasteiger partial charge in [0.05, 0.1) is 5.92 Å². The standard InChI is InChI=1S/C19H24N2O3/c1-4-13(10-12(2)3)19-21-15-11-14(7-8-16(15)24-19)20-18(22)17-6-5-9-23-17/h7-8,10-11,13,17H,4-6,9H2,1-3H3,(H,20,22). The minimum absolute atomic E-state index is 0.0912. The maximum atomic E-state index is 12.1. The van der Waals surface area contributed by atoms with E-state index in [0.717, 1.165) is 41.9 Å². The Balaban J connectivity index is 1.80. The van der Waals surface area contributed by atoms with E-state index in [1.54, 1.807) is 0 Å². The van der Waals surface area contributed by atoms with Gasteiger partial charge in [0.1, 0.15) is 11.6 Å². The summed E-state index contributed by atoms with van der Waals surface area (Å²) in [6, 6.07) is 5.54. The Morgan fingerprint density at radius 1 is 1.46 bits per heavy atom. The van der Waals surface area contributed by atoms with Crippen LogP contribution in [0, 0.1) is 0 Å². The number of fused-ring (bicyclic) bond motifs is 1. The summed E-state index contributed by atoms with van der Waals surface area (Å²) < 4.78 is 11.3. The minimum atomic E-state index is -0.337. The number of carbonyl (C=O) groups is 1. The van der Waals surface area contributed by atoms with E-state index < -0.39 is 0 Å². The van der Waals surface area contributed by atoms with E-state index in [2.05, 4.69) is 37.1 Å². The fourth-order valence-corrected chi connectivity index (χ4v) is 2.95. The van der Waals surface area contributed by atoms with Gasteiger partial charge in [-0.05, 0) is 51.3 Å². The van der Waals surface area contributed by atoms with E-state index in [9.17, 15) is 4.79 Å². The number of aromatic nitrogens is 1. The zero-order valence-electron chi connectivity index (χ0n) is 14.5. The number of benzene rings is 1. The molecule has 2 unspecified atom stereocenters. The molecule has 1 aromatic carbocycles. The van der Waals surface area contributed by atoms with Crippen LogP contribution in [0.2, 0.25) is 0 Å². The van der Waals surface area contributed by atoms with E-state index in [4.69, 9.17) is 9.15 Å². The van der Waals surface area contributed by atoms with Gasteiger partial charge in [0.15, 0.2) is 5.58 Å². The summed E-state index contributed by atoms with van der Waals surface area (Å²) in [5.74, 6) is 0.801. The second-order valence-corrected chi connectivity index (χ2v) is 6.48. The lowest BCUT2D eigenvalue weighted by molar-refractivity contribution is -0.124. The summed E-state index contributed by atoms with van der Waals surface area (Å²) >= 11 is 0. The van der Waals surface area contributed by atoms with Gasteiger partial charge in [0, 0.05) is 12.3 Å². The Labute approximate surface area is 142 Å². The average Bonchev–Trinajstić information content (AvgIpc) is 3.21. The number of ether oxygens (including phenoxy) is 1. The van der Waals surface area contributed by atoms with Crippen molar-refractivity contribution in [2.75, 3.05) is 11.9 Å². The van der Waals surface area contributed by atoms with Crippen LogP contribution in [-0.2, 0) is 9.53 Å². The van der Waals surface area contributed by atoms with Crippen LogP contribution in [0.1, 0.15) is 51.8 Å². The molecule has 2 aromatic rings. The van der Waals surface area contributed by atoms with Crippen molar-refractivity contribution in [1.82, 2.24) is 4.98 Å². The molecular formula is C19H24N2O3. The highest BCUT2D eigenvalue weighted by Crippen LogP contribution is 2.27. The van der Waals surface area contributed by atoms with Gasteiger partial charge in [-0.15, -0.1) is 0 Å². The van der Waals surface area contributed by atoms with Crippen molar-refractivity contribution in [2.45, 2.75) is 52.1 Å². The van der Waals surface area contributed by atoms with E-state index in [0.29, 0.717) is 6.61 Å². The zero-order chi connectivity index (χ0) is 17.1. The van der Waals surface area contributed by atoms with Crippen LogP contribution in [0.4, 0.5) is 5.69 Å².